The van der Waals surface area contributed by atoms with Crippen molar-refractivity contribution in [1.82, 2.24) is 4.90 Å². The van der Waals surface area contributed by atoms with Gasteiger partial charge in [0.15, 0.2) is 0 Å². The van der Waals surface area contributed by atoms with E-state index in [0.717, 1.165) is 19.3 Å². The van der Waals surface area contributed by atoms with Crippen LogP contribution >= 0.6 is 0 Å². The van der Waals surface area contributed by atoms with Crippen LogP contribution in [0.25, 0.3) is 0 Å². The molecule has 1 saturated heterocycles. The summed E-state index contributed by atoms with van der Waals surface area (Å²) >= 11 is 0. The second-order valence-corrected chi connectivity index (χ2v) is 6.90. The van der Waals surface area contributed by atoms with E-state index in [1.807, 2.05) is 0 Å². The molecule has 0 N–H and O–H groups in total. The van der Waals surface area contributed by atoms with Gasteiger partial charge in [0.2, 0.25) is 0 Å². The molecule has 7 heteroatoms. The van der Waals surface area contributed by atoms with Crippen LogP contribution in [0.3, 0.4) is 0 Å². The highest BCUT2D eigenvalue weighted by atomic mass is 32.2. The summed E-state index contributed by atoms with van der Waals surface area (Å²) in [5, 5.41) is 0. The van der Waals surface area contributed by atoms with Crippen LogP contribution in [0.5, 0.6) is 0 Å². The Morgan fingerprint density at radius 3 is 2.95 bits per heavy atom. The molecule has 1 aromatic rings. The van der Waals surface area contributed by atoms with Gasteiger partial charge in [0, 0.05) is 6.54 Å². The average molecular weight is 311 g/mol. The first-order chi connectivity index (χ1) is 10.1. The van der Waals surface area contributed by atoms with Gasteiger partial charge in [-0.2, -0.15) is 8.42 Å². The minimum absolute atomic E-state index is 0.0261. The fraction of sp³-hybridized carbons (Fsp3) is 0.500. The molecule has 1 atom stereocenters. The van der Waals surface area contributed by atoms with Gasteiger partial charge in [-0.25, -0.2) is 4.79 Å². The molecule has 6 nitrogen and oxygen atoms in total. The second-order valence-electron chi connectivity index (χ2n) is 5.28. The summed E-state index contributed by atoms with van der Waals surface area (Å²) in [5.74, 6) is 0. The number of nitrogens with zero attached hydrogens (tertiary/aromatic N) is 1. The maximum Gasteiger partial charge on any atom is 0.410 e. The maximum atomic E-state index is 12.2. The highest BCUT2D eigenvalue weighted by molar-refractivity contribution is 7.86. The van der Waals surface area contributed by atoms with Crippen molar-refractivity contribution < 1.29 is 22.1 Å². The van der Waals surface area contributed by atoms with E-state index in [9.17, 15) is 13.2 Å². The van der Waals surface area contributed by atoms with Gasteiger partial charge in [-0.15, -0.1) is 0 Å². The summed E-state index contributed by atoms with van der Waals surface area (Å²) in [7, 11) is -3.80. The molecule has 0 aromatic heterocycles. The molecule has 0 radical (unpaired) electrons. The number of ether oxygens (including phenoxy) is 1. The predicted octanol–water partition coefficient (Wildman–Crippen LogP) is 1.90. The molecular weight excluding hydrogens is 294 g/mol. The number of fused-ring (bicyclic) bond motifs is 3. The Morgan fingerprint density at radius 1 is 1.24 bits per heavy atom. The lowest BCUT2D eigenvalue weighted by atomic mass is 10.0. The summed E-state index contributed by atoms with van der Waals surface area (Å²) in [6.45, 7) is 0.609. The van der Waals surface area contributed by atoms with E-state index in [0.29, 0.717) is 12.1 Å². The molecule has 1 unspecified atom stereocenters. The first-order valence-corrected chi connectivity index (χ1v) is 8.39. The van der Waals surface area contributed by atoms with E-state index in [-0.39, 0.29) is 24.2 Å². The van der Waals surface area contributed by atoms with Crippen LogP contribution in [0.15, 0.2) is 29.2 Å². The Balaban J connectivity index is 1.94. The van der Waals surface area contributed by atoms with E-state index in [2.05, 4.69) is 0 Å². The summed E-state index contributed by atoms with van der Waals surface area (Å²) in [5.41, 5.74) is 0.628. The van der Waals surface area contributed by atoms with E-state index < -0.39 is 16.2 Å². The zero-order chi connectivity index (χ0) is 14.9. The van der Waals surface area contributed by atoms with Crippen molar-refractivity contribution in [1.29, 1.82) is 0 Å². The third-order valence-corrected chi connectivity index (χ3v) is 5.10. The van der Waals surface area contributed by atoms with Gasteiger partial charge in [-0.1, -0.05) is 12.1 Å². The number of cyclic esters (lactones) is 1. The van der Waals surface area contributed by atoms with E-state index in [1.165, 1.54) is 12.1 Å². The Kier molecular flexibility index (Phi) is 3.86. The molecule has 1 amide bonds. The number of rotatable bonds is 0. The molecule has 3 rings (SSSR count). The van der Waals surface area contributed by atoms with Gasteiger partial charge in [-0.05, 0) is 37.0 Å². The number of hydrogen-bond acceptors (Lipinski definition) is 5. The minimum atomic E-state index is -3.80. The Hall–Kier alpha value is -1.60. The lowest BCUT2D eigenvalue weighted by Crippen LogP contribution is -2.46. The molecule has 2 bridgehead atoms. The van der Waals surface area contributed by atoms with Crippen molar-refractivity contribution in [2.45, 2.75) is 36.8 Å². The minimum Gasteiger partial charge on any atom is -0.445 e. The highest BCUT2D eigenvalue weighted by Gasteiger charge is 2.30. The van der Waals surface area contributed by atoms with E-state index in [4.69, 9.17) is 8.92 Å². The van der Waals surface area contributed by atoms with E-state index in [1.54, 1.807) is 17.0 Å². The molecular formula is C14H17NO5S. The number of piperidine rings is 1. The van der Waals surface area contributed by atoms with E-state index >= 15 is 0 Å². The monoisotopic (exact) mass is 311 g/mol. The van der Waals surface area contributed by atoms with Crippen molar-refractivity contribution >= 4 is 16.2 Å². The first-order valence-electron chi connectivity index (χ1n) is 6.98. The fourth-order valence-corrected chi connectivity index (χ4v) is 3.68. The smallest absolute Gasteiger partial charge is 0.410 e. The quantitative estimate of drug-likeness (QED) is 0.684. The van der Waals surface area contributed by atoms with Gasteiger partial charge in [0.1, 0.15) is 6.61 Å². The fourth-order valence-electron chi connectivity index (χ4n) is 2.67. The summed E-state index contributed by atoms with van der Waals surface area (Å²) in [6.07, 6.45) is 2.16. The van der Waals surface area contributed by atoms with Crippen molar-refractivity contribution in [2.24, 2.45) is 0 Å². The van der Waals surface area contributed by atoms with Crippen LogP contribution < -0.4 is 0 Å². The van der Waals surface area contributed by atoms with Gasteiger partial charge in [0.25, 0.3) is 10.1 Å². The standard InChI is InChI=1S/C14H17NO5S/c16-14-15-7-2-1-5-12(15)10-20-21(17,18)13-6-3-4-11(8-13)9-19-14/h3-4,6,8,12H,1-2,5,7,9-10H2. The zero-order valence-electron chi connectivity index (χ0n) is 11.5. The Morgan fingerprint density at radius 2 is 2.10 bits per heavy atom. The molecule has 21 heavy (non-hydrogen) atoms. The number of amides is 1. The van der Waals surface area contributed by atoms with Gasteiger partial charge < -0.3 is 9.64 Å². The molecule has 2 aliphatic heterocycles. The maximum absolute atomic E-state index is 12.2. The van der Waals surface area contributed by atoms with Crippen LogP contribution in [-0.2, 0) is 25.6 Å². The SMILES string of the molecule is O=C1OCc2cccc(c2)S(=O)(=O)OCC2CCCCN12. The first kappa shape index (κ1) is 14.3. The topological polar surface area (TPSA) is 72.9 Å². The number of carbonyl (C=O) groups excluding carboxylic acids is 1. The van der Waals surface area contributed by atoms with Gasteiger partial charge in [-0.3, -0.25) is 4.18 Å². The number of carbonyl (C=O) groups is 1. The lowest BCUT2D eigenvalue weighted by molar-refractivity contribution is 0.0551. The number of benzene rings is 1. The Bertz CT molecular complexity index is 643. The van der Waals surface area contributed by atoms with Crippen LogP contribution in [0.4, 0.5) is 4.79 Å². The summed E-state index contributed by atoms with van der Waals surface area (Å²) < 4.78 is 34.8. The van der Waals surface area contributed by atoms with Crippen LogP contribution in [0.1, 0.15) is 24.8 Å². The molecule has 2 aliphatic rings. The van der Waals surface area contributed by atoms with Crippen LogP contribution in [-0.4, -0.2) is 38.6 Å². The zero-order valence-corrected chi connectivity index (χ0v) is 12.3. The highest BCUT2D eigenvalue weighted by Crippen LogP contribution is 2.23. The van der Waals surface area contributed by atoms with Crippen molar-refractivity contribution in [3.05, 3.63) is 29.8 Å². The number of hydrogen-bond donors (Lipinski definition) is 0. The molecule has 2 heterocycles. The van der Waals surface area contributed by atoms with Crippen LogP contribution in [0.2, 0.25) is 0 Å². The second kappa shape index (κ2) is 5.65. The van der Waals surface area contributed by atoms with Crippen molar-refractivity contribution in [2.75, 3.05) is 13.2 Å². The van der Waals surface area contributed by atoms with Gasteiger partial charge in [0.05, 0.1) is 17.5 Å². The van der Waals surface area contributed by atoms with Crippen LogP contribution in [0, 0.1) is 0 Å². The predicted molar refractivity (Wildman–Crippen MR) is 74.1 cm³/mol. The lowest BCUT2D eigenvalue weighted by Gasteiger charge is -2.34. The third-order valence-electron chi connectivity index (χ3n) is 3.83. The Labute approximate surface area is 123 Å². The van der Waals surface area contributed by atoms with Crippen molar-refractivity contribution in [3.8, 4) is 0 Å². The largest absolute Gasteiger partial charge is 0.445 e. The third kappa shape index (κ3) is 3.03. The van der Waals surface area contributed by atoms with Gasteiger partial charge >= 0.3 is 6.09 Å². The van der Waals surface area contributed by atoms with Crippen molar-refractivity contribution in [3.63, 3.8) is 0 Å². The summed E-state index contributed by atoms with van der Waals surface area (Å²) in [6, 6.07) is 6.05. The molecule has 0 spiro atoms. The molecule has 0 saturated carbocycles. The normalized spacial score (nSPS) is 25.4. The summed E-state index contributed by atoms with van der Waals surface area (Å²) in [4.78, 5) is 13.8. The molecule has 114 valence electrons. The molecule has 1 aromatic carbocycles. The molecule has 0 aliphatic carbocycles. The molecule has 1 fully saturated rings. The average Bonchev–Trinajstić information content (AvgIpc) is 2.51.